The maximum Gasteiger partial charge on any atom is 0.339 e. The minimum atomic E-state index is -0.963. The Morgan fingerprint density at radius 1 is 1.30 bits per heavy atom. The second kappa shape index (κ2) is 6.46. The molecule has 0 spiro atoms. The van der Waals surface area contributed by atoms with Crippen molar-refractivity contribution in [2.75, 3.05) is 37.6 Å². The van der Waals surface area contributed by atoms with Crippen molar-refractivity contribution in [1.82, 2.24) is 4.90 Å². The van der Waals surface area contributed by atoms with Crippen LogP contribution in [0.5, 0.6) is 0 Å². The molecule has 0 atom stereocenters. The largest absolute Gasteiger partial charge is 0.478 e. The van der Waals surface area contributed by atoms with Gasteiger partial charge in [0.1, 0.15) is 5.56 Å². The number of rotatable bonds is 4. The zero-order valence-electron chi connectivity index (χ0n) is 12.0. The Morgan fingerprint density at radius 3 is 2.50 bits per heavy atom. The van der Waals surface area contributed by atoms with Gasteiger partial charge in [-0.25, -0.2) is 4.79 Å². The number of hydrogen-bond donors (Lipinski definition) is 1. The predicted octanol–water partition coefficient (Wildman–Crippen LogP) is 2.82. The van der Waals surface area contributed by atoms with Crippen molar-refractivity contribution in [3.05, 3.63) is 28.8 Å². The molecule has 0 amide bonds. The van der Waals surface area contributed by atoms with Gasteiger partial charge in [-0.2, -0.15) is 0 Å². The molecule has 1 aromatic rings. The van der Waals surface area contributed by atoms with Crippen molar-refractivity contribution in [3.63, 3.8) is 0 Å². The number of aromatic carboxylic acids is 1. The number of nitrogens with zero attached hydrogens (tertiary/aromatic N) is 2. The van der Waals surface area contributed by atoms with Gasteiger partial charge in [0.05, 0.1) is 10.7 Å². The predicted molar refractivity (Wildman–Crippen MR) is 81.9 cm³/mol. The quantitative estimate of drug-likeness (QED) is 0.928. The second-order valence-electron chi connectivity index (χ2n) is 5.62. The van der Waals surface area contributed by atoms with E-state index in [1.807, 2.05) is 12.1 Å². The van der Waals surface area contributed by atoms with E-state index in [0.29, 0.717) is 10.9 Å². The lowest BCUT2D eigenvalue weighted by atomic mass is 10.1. The molecule has 1 heterocycles. The topological polar surface area (TPSA) is 43.8 Å². The van der Waals surface area contributed by atoms with E-state index in [0.717, 1.165) is 38.4 Å². The number of benzene rings is 1. The van der Waals surface area contributed by atoms with Gasteiger partial charge in [0.25, 0.3) is 0 Å². The zero-order chi connectivity index (χ0) is 14.7. The molecular formula is C15H21ClN2O2. The molecule has 1 aromatic carbocycles. The lowest BCUT2D eigenvalue weighted by Gasteiger charge is -2.37. The maximum absolute atomic E-state index is 11.4. The smallest absolute Gasteiger partial charge is 0.339 e. The van der Waals surface area contributed by atoms with Gasteiger partial charge in [-0.3, -0.25) is 4.90 Å². The summed E-state index contributed by atoms with van der Waals surface area (Å²) in [5, 5.41) is 9.63. The van der Waals surface area contributed by atoms with Crippen LogP contribution in [-0.4, -0.2) is 48.7 Å². The van der Waals surface area contributed by atoms with Crippen molar-refractivity contribution in [1.29, 1.82) is 0 Å². The van der Waals surface area contributed by atoms with Crippen LogP contribution in [0.4, 0.5) is 5.69 Å². The lowest BCUT2D eigenvalue weighted by Crippen LogP contribution is -2.47. The first-order valence-electron chi connectivity index (χ1n) is 6.98. The Hall–Kier alpha value is -1.26. The summed E-state index contributed by atoms with van der Waals surface area (Å²) >= 11 is 6.02. The molecule has 5 heteroatoms. The number of halogens is 1. The van der Waals surface area contributed by atoms with Gasteiger partial charge in [-0.05, 0) is 18.1 Å². The fourth-order valence-electron chi connectivity index (χ4n) is 2.68. The molecule has 1 aliphatic heterocycles. The first-order chi connectivity index (χ1) is 9.49. The highest BCUT2D eigenvalue weighted by molar-refractivity contribution is 6.34. The molecule has 0 unspecified atom stereocenters. The fraction of sp³-hybridized carbons (Fsp3) is 0.533. The van der Waals surface area contributed by atoms with E-state index in [-0.39, 0.29) is 5.56 Å². The third-order valence-corrected chi connectivity index (χ3v) is 3.86. The molecule has 1 N–H and O–H groups in total. The standard InChI is InChI=1S/C15H21ClN2O2/c1-11(2)10-17-6-8-18(9-7-17)13-5-3-4-12(16)14(13)15(19)20/h3-5,11H,6-10H2,1-2H3,(H,19,20). The molecule has 1 fully saturated rings. The fourth-order valence-corrected chi connectivity index (χ4v) is 2.93. The number of piperazine rings is 1. The van der Waals surface area contributed by atoms with Crippen LogP contribution in [0.1, 0.15) is 24.2 Å². The van der Waals surface area contributed by atoms with Crippen LogP contribution < -0.4 is 4.90 Å². The third-order valence-electron chi connectivity index (χ3n) is 3.54. The normalized spacial score (nSPS) is 16.7. The molecule has 1 aliphatic rings. The molecule has 0 bridgehead atoms. The van der Waals surface area contributed by atoms with Crippen LogP contribution in [0.2, 0.25) is 5.02 Å². The molecule has 110 valence electrons. The molecule has 0 saturated carbocycles. The van der Waals surface area contributed by atoms with Crippen molar-refractivity contribution in [2.24, 2.45) is 5.92 Å². The number of carboxylic acid groups (broad SMARTS) is 1. The Balaban J connectivity index is 2.11. The van der Waals surface area contributed by atoms with E-state index in [1.54, 1.807) is 6.07 Å². The highest BCUT2D eigenvalue weighted by atomic mass is 35.5. The molecule has 0 aromatic heterocycles. The van der Waals surface area contributed by atoms with Gasteiger partial charge >= 0.3 is 5.97 Å². The van der Waals surface area contributed by atoms with Crippen LogP contribution in [-0.2, 0) is 0 Å². The first-order valence-corrected chi connectivity index (χ1v) is 7.36. The summed E-state index contributed by atoms with van der Waals surface area (Å²) in [6, 6.07) is 5.28. The monoisotopic (exact) mass is 296 g/mol. The Bertz CT molecular complexity index is 483. The summed E-state index contributed by atoms with van der Waals surface area (Å²) in [7, 11) is 0. The Kier molecular flexibility index (Phi) is 4.89. The van der Waals surface area contributed by atoms with Crippen LogP contribution >= 0.6 is 11.6 Å². The lowest BCUT2D eigenvalue weighted by molar-refractivity contribution is 0.0697. The van der Waals surface area contributed by atoms with E-state index >= 15 is 0 Å². The summed E-state index contributed by atoms with van der Waals surface area (Å²) in [5.41, 5.74) is 0.945. The summed E-state index contributed by atoms with van der Waals surface area (Å²) in [5.74, 6) is -0.308. The van der Waals surface area contributed by atoms with Crippen molar-refractivity contribution < 1.29 is 9.90 Å². The van der Waals surface area contributed by atoms with E-state index < -0.39 is 5.97 Å². The van der Waals surface area contributed by atoms with E-state index in [2.05, 4.69) is 23.6 Å². The summed E-state index contributed by atoms with van der Waals surface area (Å²) < 4.78 is 0. The van der Waals surface area contributed by atoms with Crippen molar-refractivity contribution >= 4 is 23.3 Å². The maximum atomic E-state index is 11.4. The third kappa shape index (κ3) is 3.44. The molecule has 0 radical (unpaired) electrons. The van der Waals surface area contributed by atoms with Crippen LogP contribution in [0.3, 0.4) is 0 Å². The number of carbonyl (C=O) groups is 1. The highest BCUT2D eigenvalue weighted by Gasteiger charge is 2.23. The minimum Gasteiger partial charge on any atom is -0.478 e. The van der Waals surface area contributed by atoms with Gasteiger partial charge in [-0.1, -0.05) is 31.5 Å². The van der Waals surface area contributed by atoms with E-state index in [4.69, 9.17) is 11.6 Å². The molecule has 1 saturated heterocycles. The second-order valence-corrected chi connectivity index (χ2v) is 6.03. The van der Waals surface area contributed by atoms with Crippen LogP contribution in [0.15, 0.2) is 18.2 Å². The van der Waals surface area contributed by atoms with Crippen molar-refractivity contribution in [3.8, 4) is 0 Å². The van der Waals surface area contributed by atoms with Gasteiger partial charge < -0.3 is 10.0 Å². The summed E-state index contributed by atoms with van der Waals surface area (Å²) in [4.78, 5) is 15.9. The van der Waals surface area contributed by atoms with Crippen molar-refractivity contribution in [2.45, 2.75) is 13.8 Å². The first kappa shape index (κ1) is 15.1. The Morgan fingerprint density at radius 2 is 1.95 bits per heavy atom. The molecule has 20 heavy (non-hydrogen) atoms. The summed E-state index contributed by atoms with van der Waals surface area (Å²) in [6.07, 6.45) is 0. The Labute approximate surface area is 124 Å². The van der Waals surface area contributed by atoms with Gasteiger partial charge in [-0.15, -0.1) is 0 Å². The molecule has 0 aliphatic carbocycles. The number of hydrogen-bond acceptors (Lipinski definition) is 3. The van der Waals surface area contributed by atoms with E-state index in [1.165, 1.54) is 0 Å². The highest BCUT2D eigenvalue weighted by Crippen LogP contribution is 2.28. The van der Waals surface area contributed by atoms with Crippen LogP contribution in [0.25, 0.3) is 0 Å². The van der Waals surface area contributed by atoms with Gasteiger partial charge in [0.2, 0.25) is 0 Å². The molecular weight excluding hydrogens is 276 g/mol. The molecule has 4 nitrogen and oxygen atoms in total. The van der Waals surface area contributed by atoms with E-state index in [9.17, 15) is 9.90 Å². The average molecular weight is 297 g/mol. The van der Waals surface area contributed by atoms with Gasteiger partial charge in [0.15, 0.2) is 0 Å². The summed E-state index contributed by atoms with van der Waals surface area (Å²) in [6.45, 7) is 9.13. The number of anilines is 1. The zero-order valence-corrected chi connectivity index (χ0v) is 12.7. The average Bonchev–Trinajstić information content (AvgIpc) is 2.38. The van der Waals surface area contributed by atoms with Gasteiger partial charge in [0, 0.05) is 32.7 Å². The SMILES string of the molecule is CC(C)CN1CCN(c2cccc(Cl)c2C(=O)O)CC1. The number of carboxylic acids is 1. The molecule has 2 rings (SSSR count). The minimum absolute atomic E-state index is 0.214. The van der Waals surface area contributed by atoms with Crippen LogP contribution in [0, 0.1) is 5.92 Å².